The number of hydrogen-bond acceptors (Lipinski definition) is 11. The zero-order valence-corrected chi connectivity index (χ0v) is 31.2. The summed E-state index contributed by atoms with van der Waals surface area (Å²) >= 11 is 0. The van der Waals surface area contributed by atoms with E-state index in [0.717, 1.165) is 0 Å². The Kier molecular flexibility index (Phi) is 16.9. The molecule has 0 spiro atoms. The second-order valence-electron chi connectivity index (χ2n) is 14.3. The Morgan fingerprint density at radius 2 is 1.81 bits per heavy atom. The molecule has 2 bridgehead atoms. The molecule has 14 nitrogen and oxygen atoms in total. The highest BCUT2D eigenvalue weighted by atomic mass is 16.5. The molecular formula is C39H56N4O10. The van der Waals surface area contributed by atoms with E-state index in [1.165, 1.54) is 36.2 Å². The van der Waals surface area contributed by atoms with E-state index in [9.17, 15) is 44.4 Å². The molecule has 292 valence electrons. The number of ketones is 1. The number of hydrogen-bond donors (Lipinski definition) is 7. The number of cyclic esters (lactones) is 1. The van der Waals surface area contributed by atoms with Gasteiger partial charge in [0.25, 0.3) is 5.91 Å². The van der Waals surface area contributed by atoms with E-state index < -0.39 is 77.9 Å². The Balaban J connectivity index is 2.06. The number of carbonyl (C=O) groups excluding carboxylic acids is 5. The second-order valence-corrected chi connectivity index (χ2v) is 14.3. The van der Waals surface area contributed by atoms with Crippen LogP contribution in [0.1, 0.15) is 72.3 Å². The smallest absolute Gasteiger partial charge is 0.325 e. The van der Waals surface area contributed by atoms with Crippen molar-refractivity contribution in [2.45, 2.75) is 110 Å². The number of rotatable bonds is 8. The Morgan fingerprint density at radius 3 is 2.47 bits per heavy atom. The van der Waals surface area contributed by atoms with Gasteiger partial charge < -0.3 is 40.6 Å². The van der Waals surface area contributed by atoms with Crippen molar-refractivity contribution in [1.29, 1.82) is 0 Å². The third-order valence-electron chi connectivity index (χ3n) is 9.67. The number of aliphatic hydroxyl groups is 3. The van der Waals surface area contributed by atoms with Gasteiger partial charge in [0.1, 0.15) is 35.8 Å². The molecule has 2 aliphatic rings. The minimum Gasteiger partial charge on any atom is -0.508 e. The molecule has 2 heterocycles. The zero-order valence-electron chi connectivity index (χ0n) is 31.2. The summed E-state index contributed by atoms with van der Waals surface area (Å²) in [6, 6.07) is 2.98. The van der Waals surface area contributed by atoms with E-state index in [4.69, 9.17) is 4.74 Å². The Labute approximate surface area is 311 Å². The zero-order chi connectivity index (χ0) is 39.2. The normalized spacial score (nSPS) is 28.8. The fourth-order valence-electron chi connectivity index (χ4n) is 6.32. The average Bonchev–Trinajstić information content (AvgIpc) is 3.11. The number of Topliss-reactive ketones (excluding diaryl/α,β-unsaturated/α-hetero) is 1. The maximum Gasteiger partial charge on any atom is 0.325 e. The monoisotopic (exact) mass is 740 g/mol. The van der Waals surface area contributed by atoms with Crippen LogP contribution in [-0.2, 0) is 35.1 Å². The van der Waals surface area contributed by atoms with Crippen LogP contribution in [0.3, 0.4) is 0 Å². The summed E-state index contributed by atoms with van der Waals surface area (Å²) in [5, 5.41) is 48.7. The first-order valence-electron chi connectivity index (χ1n) is 18.3. The highest BCUT2D eigenvalue weighted by Gasteiger charge is 2.38. The van der Waals surface area contributed by atoms with Crippen molar-refractivity contribution in [2.24, 2.45) is 17.8 Å². The quantitative estimate of drug-likeness (QED) is 0.151. The fraction of sp³-hybridized carbons (Fsp3) is 0.564. The summed E-state index contributed by atoms with van der Waals surface area (Å²) in [6.07, 6.45) is 5.51. The van der Waals surface area contributed by atoms with E-state index in [1.54, 1.807) is 58.1 Å². The molecule has 7 N–H and O–H groups in total. The molecule has 0 radical (unpaired) electrons. The fourth-order valence-corrected chi connectivity index (χ4v) is 6.32. The predicted octanol–water partition coefficient (Wildman–Crippen LogP) is 1.77. The number of ether oxygens (including phenoxy) is 1. The lowest BCUT2D eigenvalue weighted by Gasteiger charge is -2.36. The first kappa shape index (κ1) is 43.0. The van der Waals surface area contributed by atoms with E-state index >= 15 is 0 Å². The van der Waals surface area contributed by atoms with Gasteiger partial charge in [-0.2, -0.15) is 0 Å². The number of esters is 1. The Hall–Kier alpha value is -4.37. The number of carbonyl (C=O) groups is 5. The van der Waals surface area contributed by atoms with Crippen molar-refractivity contribution in [3.8, 4) is 5.75 Å². The third-order valence-corrected chi connectivity index (χ3v) is 9.67. The molecule has 8 atom stereocenters. The lowest BCUT2D eigenvalue weighted by atomic mass is 9.84. The standard InChI is InChI=1S/C39H56N4O10/c1-23(2)34-37(50)40-31(22-27-11-9-12-28(46)21-27)38(51)43-19-10-13-30(42-43)39(52)53-33(24(3)18-20-44)15-8-6-7-14-32(47)26(5)35(48)29(36(49)41-34)17-16-25(4)45/h6-9,11-12,14,18,21,23,26,29-35,42,44,46-48H,10,13,15-17,19-20,22H2,1-5H3,(H,40,50)(H,41,49). The maximum absolute atomic E-state index is 14.2. The van der Waals surface area contributed by atoms with Crippen molar-refractivity contribution < 1.29 is 49.1 Å². The Bertz CT molecular complexity index is 1520. The van der Waals surface area contributed by atoms with Gasteiger partial charge in [0.05, 0.1) is 24.7 Å². The maximum atomic E-state index is 14.2. The molecule has 0 saturated carbocycles. The molecule has 3 amide bonds. The van der Waals surface area contributed by atoms with Crippen LogP contribution in [0.2, 0.25) is 0 Å². The number of phenolic OH excluding ortho intramolecular Hbond substituents is 1. The van der Waals surface area contributed by atoms with Gasteiger partial charge in [-0.25, -0.2) is 5.43 Å². The molecule has 1 aromatic carbocycles. The van der Waals surface area contributed by atoms with Gasteiger partial charge in [0.2, 0.25) is 11.8 Å². The highest BCUT2D eigenvalue weighted by molar-refractivity contribution is 5.93. The largest absolute Gasteiger partial charge is 0.508 e. The van der Waals surface area contributed by atoms with Gasteiger partial charge in [-0.1, -0.05) is 63.3 Å². The number of aromatic hydroxyl groups is 1. The predicted molar refractivity (Wildman–Crippen MR) is 197 cm³/mol. The van der Waals surface area contributed by atoms with Crippen LogP contribution in [0, 0.1) is 17.8 Å². The molecule has 1 fully saturated rings. The van der Waals surface area contributed by atoms with E-state index in [0.29, 0.717) is 24.0 Å². The molecule has 3 rings (SSSR count). The van der Waals surface area contributed by atoms with Crippen molar-refractivity contribution in [1.82, 2.24) is 21.1 Å². The van der Waals surface area contributed by atoms with Crippen LogP contribution in [0.4, 0.5) is 0 Å². The molecule has 0 aliphatic carbocycles. The summed E-state index contributed by atoms with van der Waals surface area (Å²) in [4.78, 5) is 67.4. The number of fused-ring (bicyclic) bond motifs is 2. The van der Waals surface area contributed by atoms with Gasteiger partial charge >= 0.3 is 5.97 Å². The van der Waals surface area contributed by atoms with Crippen molar-refractivity contribution in [3.05, 3.63) is 65.8 Å². The van der Waals surface area contributed by atoms with Crippen LogP contribution in [0.15, 0.2) is 60.2 Å². The molecule has 0 aromatic heterocycles. The van der Waals surface area contributed by atoms with Gasteiger partial charge in [0.15, 0.2) is 0 Å². The van der Waals surface area contributed by atoms with Crippen LogP contribution in [0.25, 0.3) is 0 Å². The first-order valence-corrected chi connectivity index (χ1v) is 18.3. The molecule has 8 unspecified atom stereocenters. The van der Waals surface area contributed by atoms with Gasteiger partial charge in [-0.3, -0.25) is 24.2 Å². The SMILES string of the molecule is CC(=O)CCC1C(=O)NC(C(C)C)C(=O)NC(Cc2cccc(O)c2)C(=O)N2CCCC(N2)C(=O)OC(C(C)=CCO)CC=CC=CC(O)C(C)C1O. The summed E-state index contributed by atoms with van der Waals surface area (Å²) in [5.41, 5.74) is 4.11. The van der Waals surface area contributed by atoms with E-state index in [1.807, 2.05) is 0 Å². The van der Waals surface area contributed by atoms with E-state index in [-0.39, 0.29) is 50.4 Å². The number of allylic oxidation sites excluding steroid dienone is 2. The Morgan fingerprint density at radius 1 is 1.08 bits per heavy atom. The van der Waals surface area contributed by atoms with Crippen molar-refractivity contribution >= 4 is 29.5 Å². The van der Waals surface area contributed by atoms with Gasteiger partial charge in [-0.05, 0) is 62.3 Å². The lowest BCUT2D eigenvalue weighted by Crippen LogP contribution is -2.62. The molecule has 1 aromatic rings. The van der Waals surface area contributed by atoms with Gasteiger partial charge in [0, 0.05) is 31.7 Å². The number of phenols is 1. The summed E-state index contributed by atoms with van der Waals surface area (Å²) in [5.74, 6) is -5.28. The first-order chi connectivity index (χ1) is 25.1. The minimum atomic E-state index is -1.40. The second kappa shape index (κ2) is 20.8. The number of amides is 3. The molecular weight excluding hydrogens is 684 g/mol. The number of aliphatic hydroxyl groups excluding tert-OH is 3. The molecule has 1 saturated heterocycles. The van der Waals surface area contributed by atoms with E-state index in [2.05, 4.69) is 16.1 Å². The van der Waals surface area contributed by atoms with Crippen LogP contribution in [-0.4, -0.2) is 104 Å². The number of benzene rings is 1. The number of nitrogens with one attached hydrogen (secondary N) is 3. The lowest BCUT2D eigenvalue weighted by molar-refractivity contribution is -0.156. The van der Waals surface area contributed by atoms with Crippen LogP contribution in [0.5, 0.6) is 5.75 Å². The van der Waals surface area contributed by atoms with Gasteiger partial charge in [-0.15, -0.1) is 0 Å². The minimum absolute atomic E-state index is 0.0186. The average molecular weight is 741 g/mol. The molecule has 53 heavy (non-hydrogen) atoms. The third kappa shape index (κ3) is 12.9. The summed E-state index contributed by atoms with van der Waals surface area (Å²) in [6.45, 7) is 8.03. The van der Waals surface area contributed by atoms with Crippen molar-refractivity contribution in [2.75, 3.05) is 13.2 Å². The highest BCUT2D eigenvalue weighted by Crippen LogP contribution is 2.24. The van der Waals surface area contributed by atoms with Crippen molar-refractivity contribution in [3.63, 3.8) is 0 Å². The summed E-state index contributed by atoms with van der Waals surface area (Å²) in [7, 11) is 0. The number of nitrogens with zero attached hydrogens (tertiary/aromatic N) is 1. The number of hydrazine groups is 1. The topological polar surface area (TPSA) is 215 Å². The van der Waals surface area contributed by atoms with Crippen LogP contribution < -0.4 is 16.1 Å². The molecule has 2 aliphatic heterocycles. The van der Waals surface area contributed by atoms with Crippen LogP contribution >= 0.6 is 0 Å². The summed E-state index contributed by atoms with van der Waals surface area (Å²) < 4.78 is 5.87. The molecule has 14 heteroatoms.